The van der Waals surface area contributed by atoms with Crippen LogP contribution in [-0.4, -0.2) is 0 Å². The minimum atomic E-state index is -1.28. The number of hydrogen-bond acceptors (Lipinski definition) is 5. The van der Waals surface area contributed by atoms with E-state index in [1.54, 1.807) is 18.2 Å². The van der Waals surface area contributed by atoms with Crippen LogP contribution in [0.2, 0.25) is 0 Å². The summed E-state index contributed by atoms with van der Waals surface area (Å²) in [4.78, 5) is 0. The molecule has 0 amide bonds. The summed E-state index contributed by atoms with van der Waals surface area (Å²) in [6, 6.07) is 14.7. The number of nitrogens with one attached hydrogen (secondary N) is 1. The first-order chi connectivity index (χ1) is 8.50. The average Bonchev–Trinajstić information content (AvgIpc) is 2.33. The molecule has 0 aliphatic rings. The lowest BCUT2D eigenvalue weighted by atomic mass is 10.0. The molecule has 0 fully saturated rings. The molecular formula is C13H17N5. The van der Waals surface area contributed by atoms with Gasteiger partial charge in [-0.3, -0.25) is 11.5 Å². The molecule has 0 atom stereocenters. The molecule has 0 bridgehead atoms. The summed E-state index contributed by atoms with van der Waals surface area (Å²) in [7, 11) is 0. The van der Waals surface area contributed by atoms with Crippen LogP contribution >= 0.6 is 0 Å². The third-order valence-electron chi connectivity index (χ3n) is 2.71. The van der Waals surface area contributed by atoms with Gasteiger partial charge in [-0.25, -0.2) is 0 Å². The zero-order valence-electron chi connectivity index (χ0n) is 9.93. The van der Waals surface area contributed by atoms with E-state index in [1.807, 2.05) is 30.3 Å². The Hall–Kier alpha value is -2.24. The maximum Gasteiger partial charge on any atom is 0.168 e. The first kappa shape index (κ1) is 12.2. The smallest absolute Gasteiger partial charge is 0.168 e. The summed E-state index contributed by atoms with van der Waals surface area (Å²) in [5.41, 5.74) is 26.0. The number of hydrogen-bond donors (Lipinski definition) is 5. The Morgan fingerprint density at radius 3 is 2.17 bits per heavy atom. The van der Waals surface area contributed by atoms with E-state index in [0.717, 1.165) is 5.69 Å². The van der Waals surface area contributed by atoms with E-state index >= 15 is 0 Å². The van der Waals surface area contributed by atoms with Crippen molar-refractivity contribution in [3.8, 4) is 0 Å². The standard InChI is InChI=1S/C13H17N5/c14-11-8-4-7-10(12(11)15)13(16,17)18-9-5-2-1-3-6-9/h1-8,18H,14-17H2. The molecule has 0 saturated heterocycles. The lowest BCUT2D eigenvalue weighted by molar-refractivity contribution is 0.541. The van der Waals surface area contributed by atoms with Crippen molar-refractivity contribution in [3.63, 3.8) is 0 Å². The van der Waals surface area contributed by atoms with Crippen LogP contribution in [0.3, 0.4) is 0 Å². The van der Waals surface area contributed by atoms with Gasteiger partial charge >= 0.3 is 0 Å². The predicted octanol–water partition coefficient (Wildman–Crippen LogP) is 0.991. The van der Waals surface area contributed by atoms with Crippen molar-refractivity contribution in [2.24, 2.45) is 11.5 Å². The second-order valence-electron chi connectivity index (χ2n) is 4.17. The van der Waals surface area contributed by atoms with Gasteiger partial charge in [0.25, 0.3) is 0 Å². The molecular weight excluding hydrogens is 226 g/mol. The third kappa shape index (κ3) is 2.37. The molecule has 0 aliphatic heterocycles. The van der Waals surface area contributed by atoms with Crippen molar-refractivity contribution in [1.82, 2.24) is 0 Å². The maximum atomic E-state index is 6.07. The fourth-order valence-corrected chi connectivity index (χ4v) is 1.77. The molecule has 2 aromatic rings. The molecule has 0 saturated carbocycles. The largest absolute Gasteiger partial charge is 0.397 e. The van der Waals surface area contributed by atoms with Gasteiger partial charge in [0.05, 0.1) is 11.4 Å². The summed E-state index contributed by atoms with van der Waals surface area (Å²) in [5.74, 6) is -1.28. The quantitative estimate of drug-likeness (QED) is 0.407. The number of benzene rings is 2. The van der Waals surface area contributed by atoms with E-state index in [4.69, 9.17) is 22.9 Å². The Labute approximate surface area is 106 Å². The Kier molecular flexibility index (Phi) is 3.10. The first-order valence-electron chi connectivity index (χ1n) is 5.56. The van der Waals surface area contributed by atoms with E-state index in [9.17, 15) is 0 Å². The highest BCUT2D eigenvalue weighted by atomic mass is 15.2. The first-order valence-corrected chi connectivity index (χ1v) is 5.56. The predicted molar refractivity (Wildman–Crippen MR) is 75.4 cm³/mol. The molecule has 0 aliphatic carbocycles. The van der Waals surface area contributed by atoms with Crippen LogP contribution in [-0.2, 0) is 5.79 Å². The van der Waals surface area contributed by atoms with Gasteiger partial charge < -0.3 is 16.8 Å². The maximum absolute atomic E-state index is 6.07. The number of nitrogen functional groups attached to an aromatic ring is 2. The van der Waals surface area contributed by atoms with Gasteiger partial charge in [-0.15, -0.1) is 0 Å². The van der Waals surface area contributed by atoms with Crippen LogP contribution in [0.25, 0.3) is 0 Å². The minimum Gasteiger partial charge on any atom is -0.397 e. The Bertz CT molecular complexity index is 536. The van der Waals surface area contributed by atoms with Gasteiger partial charge in [0.2, 0.25) is 0 Å². The highest BCUT2D eigenvalue weighted by Crippen LogP contribution is 2.26. The highest BCUT2D eigenvalue weighted by molar-refractivity contribution is 5.69. The van der Waals surface area contributed by atoms with E-state index < -0.39 is 5.79 Å². The van der Waals surface area contributed by atoms with E-state index in [0.29, 0.717) is 16.9 Å². The second kappa shape index (κ2) is 4.56. The van der Waals surface area contributed by atoms with Gasteiger partial charge in [0.1, 0.15) is 0 Å². The summed E-state index contributed by atoms with van der Waals surface area (Å²) < 4.78 is 0. The molecule has 2 aromatic carbocycles. The Balaban J connectivity index is 2.33. The average molecular weight is 243 g/mol. The van der Waals surface area contributed by atoms with Gasteiger partial charge in [0, 0.05) is 11.3 Å². The van der Waals surface area contributed by atoms with Crippen molar-refractivity contribution in [1.29, 1.82) is 0 Å². The van der Waals surface area contributed by atoms with Crippen molar-refractivity contribution < 1.29 is 0 Å². The van der Waals surface area contributed by atoms with Crippen LogP contribution in [0.4, 0.5) is 17.1 Å². The van der Waals surface area contributed by atoms with E-state index in [1.165, 1.54) is 0 Å². The normalized spacial score (nSPS) is 11.2. The van der Waals surface area contributed by atoms with Gasteiger partial charge in [-0.1, -0.05) is 30.3 Å². The fraction of sp³-hybridized carbons (Fsp3) is 0.0769. The second-order valence-corrected chi connectivity index (χ2v) is 4.17. The lowest BCUT2D eigenvalue weighted by Gasteiger charge is -2.29. The molecule has 5 nitrogen and oxygen atoms in total. The lowest BCUT2D eigenvalue weighted by Crippen LogP contribution is -2.53. The number of para-hydroxylation sites is 2. The molecule has 9 N–H and O–H groups in total. The molecule has 5 heteroatoms. The molecule has 0 heterocycles. The van der Waals surface area contributed by atoms with Gasteiger partial charge in [0.15, 0.2) is 5.79 Å². The molecule has 0 radical (unpaired) electrons. The summed E-state index contributed by atoms with van der Waals surface area (Å²) in [6.45, 7) is 0. The molecule has 0 unspecified atom stereocenters. The third-order valence-corrected chi connectivity index (χ3v) is 2.71. The minimum absolute atomic E-state index is 0.394. The van der Waals surface area contributed by atoms with Crippen LogP contribution in [0.1, 0.15) is 5.56 Å². The van der Waals surface area contributed by atoms with Crippen LogP contribution in [0.15, 0.2) is 48.5 Å². The summed E-state index contributed by atoms with van der Waals surface area (Å²) in [5, 5.41) is 3.02. The monoisotopic (exact) mass is 243 g/mol. The van der Waals surface area contributed by atoms with Crippen molar-refractivity contribution in [2.75, 3.05) is 16.8 Å². The molecule has 18 heavy (non-hydrogen) atoms. The molecule has 0 aromatic heterocycles. The van der Waals surface area contributed by atoms with Crippen LogP contribution in [0.5, 0.6) is 0 Å². The van der Waals surface area contributed by atoms with Crippen LogP contribution < -0.4 is 28.3 Å². The molecule has 94 valence electrons. The molecule has 2 rings (SSSR count). The zero-order chi connectivity index (χ0) is 13.2. The van der Waals surface area contributed by atoms with Gasteiger partial charge in [-0.2, -0.15) is 0 Å². The summed E-state index contributed by atoms with van der Waals surface area (Å²) >= 11 is 0. The zero-order valence-corrected chi connectivity index (χ0v) is 9.93. The number of rotatable bonds is 3. The van der Waals surface area contributed by atoms with Crippen molar-refractivity contribution >= 4 is 17.1 Å². The van der Waals surface area contributed by atoms with Crippen molar-refractivity contribution in [2.45, 2.75) is 5.79 Å². The fourth-order valence-electron chi connectivity index (χ4n) is 1.77. The number of anilines is 3. The SMILES string of the molecule is Nc1cccc(C(N)(N)Nc2ccccc2)c1N. The highest BCUT2D eigenvalue weighted by Gasteiger charge is 2.24. The topological polar surface area (TPSA) is 116 Å². The van der Waals surface area contributed by atoms with Crippen LogP contribution in [0, 0.1) is 0 Å². The Morgan fingerprint density at radius 1 is 0.833 bits per heavy atom. The van der Waals surface area contributed by atoms with Gasteiger partial charge in [-0.05, 0) is 18.2 Å². The number of nitrogens with two attached hydrogens (primary N) is 4. The van der Waals surface area contributed by atoms with E-state index in [-0.39, 0.29) is 0 Å². The van der Waals surface area contributed by atoms with Crippen molar-refractivity contribution in [3.05, 3.63) is 54.1 Å². The Morgan fingerprint density at radius 2 is 1.50 bits per heavy atom. The molecule has 0 spiro atoms. The van der Waals surface area contributed by atoms with E-state index in [2.05, 4.69) is 5.32 Å². The summed E-state index contributed by atoms with van der Waals surface area (Å²) in [6.07, 6.45) is 0.